The molecule has 2 aliphatic rings. The SMILES string of the molecule is CC(=O)N1CCN(OC(=O)NCCN(C(C)C)C2(Cc3cccc(Cl)c3)C(=O)Nc3cc(Cl)ccc32)CC1. The predicted octanol–water partition coefficient (Wildman–Crippen LogP) is 3.90. The number of carbonyl (C=O) groups is 3. The van der Waals surface area contributed by atoms with Gasteiger partial charge in [-0.1, -0.05) is 41.4 Å². The van der Waals surface area contributed by atoms with Crippen LogP contribution in [0.4, 0.5) is 10.5 Å². The van der Waals surface area contributed by atoms with Crippen LogP contribution in [-0.2, 0) is 26.4 Å². The van der Waals surface area contributed by atoms with Crippen molar-refractivity contribution < 1.29 is 19.2 Å². The number of nitrogens with zero attached hydrogens (tertiary/aromatic N) is 3. The largest absolute Gasteiger partial charge is 0.426 e. The van der Waals surface area contributed by atoms with Gasteiger partial charge in [0.25, 0.3) is 0 Å². The van der Waals surface area contributed by atoms with E-state index in [1.807, 2.05) is 38.1 Å². The second-order valence-electron chi connectivity index (χ2n) is 9.84. The number of amides is 3. The molecule has 0 aliphatic carbocycles. The van der Waals surface area contributed by atoms with Crippen LogP contribution in [0, 0.1) is 0 Å². The molecule has 2 N–H and O–H groups in total. The number of nitrogens with one attached hydrogen (secondary N) is 2. The van der Waals surface area contributed by atoms with Crippen molar-refractivity contribution in [2.24, 2.45) is 0 Å². The number of halogens is 2. The monoisotopic (exact) mass is 561 g/mol. The van der Waals surface area contributed by atoms with Gasteiger partial charge in [-0.2, -0.15) is 0 Å². The van der Waals surface area contributed by atoms with Crippen LogP contribution in [0.3, 0.4) is 0 Å². The molecule has 1 unspecified atom stereocenters. The van der Waals surface area contributed by atoms with Crippen molar-refractivity contribution in [2.75, 3.05) is 44.6 Å². The Bertz CT molecular complexity index is 1200. The predicted molar refractivity (Wildman–Crippen MR) is 147 cm³/mol. The maximum Gasteiger partial charge on any atom is 0.426 e. The van der Waals surface area contributed by atoms with E-state index >= 15 is 0 Å². The number of fused-ring (bicyclic) bond motifs is 1. The molecular formula is C27H33Cl2N5O4. The highest BCUT2D eigenvalue weighted by Gasteiger charge is 2.52. The molecular weight excluding hydrogens is 529 g/mol. The van der Waals surface area contributed by atoms with Gasteiger partial charge < -0.3 is 20.4 Å². The number of hydrogen-bond donors (Lipinski definition) is 2. The van der Waals surface area contributed by atoms with E-state index < -0.39 is 11.6 Å². The molecule has 0 bridgehead atoms. The van der Waals surface area contributed by atoms with Crippen LogP contribution < -0.4 is 10.6 Å². The van der Waals surface area contributed by atoms with Crippen LogP contribution in [0.1, 0.15) is 31.9 Å². The van der Waals surface area contributed by atoms with Crippen LogP contribution in [0.2, 0.25) is 10.0 Å². The number of anilines is 1. The summed E-state index contributed by atoms with van der Waals surface area (Å²) in [4.78, 5) is 47.0. The zero-order valence-corrected chi connectivity index (χ0v) is 23.3. The average Bonchev–Trinajstić information content (AvgIpc) is 3.12. The van der Waals surface area contributed by atoms with Gasteiger partial charge >= 0.3 is 6.09 Å². The minimum atomic E-state index is -1.03. The normalized spacial score (nSPS) is 19.4. The molecule has 2 heterocycles. The Balaban J connectivity index is 1.50. The molecule has 4 rings (SSSR count). The molecule has 0 spiro atoms. The summed E-state index contributed by atoms with van der Waals surface area (Å²) in [6, 6.07) is 12.9. The maximum atomic E-state index is 13.8. The fraction of sp³-hybridized carbons (Fsp3) is 0.444. The number of hydroxylamine groups is 2. The van der Waals surface area contributed by atoms with E-state index in [0.717, 1.165) is 11.1 Å². The molecule has 0 radical (unpaired) electrons. The Labute approximate surface area is 232 Å². The Kier molecular flexibility index (Phi) is 8.82. The van der Waals surface area contributed by atoms with Crippen LogP contribution >= 0.6 is 23.2 Å². The summed E-state index contributed by atoms with van der Waals surface area (Å²) in [5.41, 5.74) is 1.38. The number of benzene rings is 2. The Morgan fingerprint density at radius 1 is 1.11 bits per heavy atom. The van der Waals surface area contributed by atoms with E-state index in [0.29, 0.717) is 54.9 Å². The van der Waals surface area contributed by atoms with E-state index in [-0.39, 0.29) is 24.4 Å². The van der Waals surface area contributed by atoms with Gasteiger partial charge in [0.05, 0.1) is 13.1 Å². The first kappa shape index (κ1) is 28.2. The third-order valence-corrected chi connectivity index (χ3v) is 7.50. The summed E-state index contributed by atoms with van der Waals surface area (Å²) in [6.45, 7) is 8.14. The van der Waals surface area contributed by atoms with Gasteiger partial charge in [0, 0.05) is 66.9 Å². The molecule has 0 aromatic heterocycles. The molecule has 38 heavy (non-hydrogen) atoms. The van der Waals surface area contributed by atoms with Gasteiger partial charge in [0.15, 0.2) is 0 Å². The van der Waals surface area contributed by atoms with E-state index in [2.05, 4.69) is 15.5 Å². The quantitative estimate of drug-likeness (QED) is 0.507. The van der Waals surface area contributed by atoms with E-state index in [1.165, 1.54) is 6.92 Å². The second-order valence-corrected chi connectivity index (χ2v) is 10.7. The molecule has 1 saturated heterocycles. The summed E-state index contributed by atoms with van der Waals surface area (Å²) in [6.07, 6.45) is -0.186. The summed E-state index contributed by atoms with van der Waals surface area (Å²) < 4.78 is 0. The topological polar surface area (TPSA) is 94.2 Å². The number of rotatable bonds is 8. The molecule has 1 fully saturated rings. The summed E-state index contributed by atoms with van der Waals surface area (Å²) >= 11 is 12.5. The zero-order valence-electron chi connectivity index (χ0n) is 21.8. The fourth-order valence-corrected chi connectivity index (χ4v) is 5.63. The van der Waals surface area contributed by atoms with Crippen molar-refractivity contribution >= 4 is 46.8 Å². The maximum absolute atomic E-state index is 13.8. The molecule has 2 aliphatic heterocycles. The number of hydrogen-bond acceptors (Lipinski definition) is 6. The van der Waals surface area contributed by atoms with Crippen LogP contribution in [0.25, 0.3) is 0 Å². The van der Waals surface area contributed by atoms with Gasteiger partial charge in [-0.05, 0) is 43.7 Å². The van der Waals surface area contributed by atoms with Crippen molar-refractivity contribution in [3.05, 3.63) is 63.6 Å². The highest BCUT2D eigenvalue weighted by Crippen LogP contribution is 2.45. The molecule has 0 saturated carbocycles. The average molecular weight is 562 g/mol. The molecule has 1 atom stereocenters. The van der Waals surface area contributed by atoms with Crippen LogP contribution in [0.15, 0.2) is 42.5 Å². The molecule has 9 nitrogen and oxygen atoms in total. The second kappa shape index (κ2) is 11.9. The van der Waals surface area contributed by atoms with Gasteiger partial charge in [0.1, 0.15) is 5.54 Å². The van der Waals surface area contributed by atoms with E-state index in [9.17, 15) is 14.4 Å². The summed E-state index contributed by atoms with van der Waals surface area (Å²) in [5.74, 6) is -0.149. The molecule has 204 valence electrons. The van der Waals surface area contributed by atoms with Crippen molar-refractivity contribution in [3.8, 4) is 0 Å². The highest BCUT2D eigenvalue weighted by molar-refractivity contribution is 6.31. The number of carbonyl (C=O) groups excluding carboxylic acids is 3. The fourth-order valence-electron chi connectivity index (χ4n) is 5.25. The van der Waals surface area contributed by atoms with Gasteiger partial charge in [-0.3, -0.25) is 14.5 Å². The van der Waals surface area contributed by atoms with Crippen molar-refractivity contribution in [1.29, 1.82) is 0 Å². The molecule has 11 heteroatoms. The van der Waals surface area contributed by atoms with Crippen LogP contribution in [0.5, 0.6) is 0 Å². The highest BCUT2D eigenvalue weighted by atomic mass is 35.5. The minimum Gasteiger partial charge on any atom is -0.351 e. The Hall–Kier alpha value is -2.85. The lowest BCUT2D eigenvalue weighted by molar-refractivity contribution is -0.145. The van der Waals surface area contributed by atoms with E-state index in [1.54, 1.807) is 28.2 Å². The molecule has 2 aromatic carbocycles. The lowest BCUT2D eigenvalue weighted by atomic mass is 9.82. The standard InChI is InChI=1S/C27H33Cl2N5O4/c1-18(2)34(10-9-30-26(37)38-33-13-11-32(12-14-33)19(3)35)27(17-20-5-4-6-21(28)15-20)23-8-7-22(29)16-24(23)31-25(27)36/h4-8,15-16,18H,9-14,17H2,1-3H3,(H,30,37)(H,31,36). The lowest BCUT2D eigenvalue weighted by Gasteiger charge is -2.42. The van der Waals surface area contributed by atoms with Crippen molar-refractivity contribution in [3.63, 3.8) is 0 Å². The zero-order chi connectivity index (χ0) is 27.4. The van der Waals surface area contributed by atoms with Crippen LogP contribution in [-0.4, -0.2) is 78.1 Å². The minimum absolute atomic E-state index is 0.00868. The van der Waals surface area contributed by atoms with Crippen molar-refractivity contribution in [2.45, 2.75) is 38.8 Å². The summed E-state index contributed by atoms with van der Waals surface area (Å²) in [7, 11) is 0. The first-order valence-electron chi connectivity index (χ1n) is 12.7. The summed E-state index contributed by atoms with van der Waals surface area (Å²) in [5, 5.41) is 8.52. The van der Waals surface area contributed by atoms with Gasteiger partial charge in [0.2, 0.25) is 11.8 Å². The molecule has 3 amide bonds. The van der Waals surface area contributed by atoms with Gasteiger partial charge in [-0.15, -0.1) is 5.06 Å². The molecule has 2 aromatic rings. The smallest absolute Gasteiger partial charge is 0.351 e. The van der Waals surface area contributed by atoms with Gasteiger partial charge in [-0.25, -0.2) is 4.79 Å². The lowest BCUT2D eigenvalue weighted by Crippen LogP contribution is -2.57. The number of piperazine rings is 1. The van der Waals surface area contributed by atoms with E-state index in [4.69, 9.17) is 28.0 Å². The Morgan fingerprint density at radius 3 is 2.47 bits per heavy atom. The third-order valence-electron chi connectivity index (χ3n) is 7.03. The first-order chi connectivity index (χ1) is 18.1. The Morgan fingerprint density at radius 2 is 1.82 bits per heavy atom. The first-order valence-corrected chi connectivity index (χ1v) is 13.4. The third kappa shape index (κ3) is 6.07. The van der Waals surface area contributed by atoms with Crippen molar-refractivity contribution in [1.82, 2.24) is 20.2 Å².